The lowest BCUT2D eigenvalue weighted by atomic mass is 10.1. The Bertz CT molecular complexity index is 184. The molecule has 0 spiro atoms. The van der Waals surface area contributed by atoms with Gasteiger partial charge in [-0.25, -0.2) is 0 Å². The van der Waals surface area contributed by atoms with Crippen molar-refractivity contribution in [1.29, 1.82) is 0 Å². The van der Waals surface area contributed by atoms with Crippen LogP contribution in [0, 0.1) is 0 Å². The second-order valence-corrected chi connectivity index (χ2v) is 5.48. The molecule has 1 rings (SSSR count). The molecule has 1 N–H and O–H groups in total. The minimum atomic E-state index is -3.99. The van der Waals surface area contributed by atoms with Crippen molar-refractivity contribution in [2.45, 2.75) is 50.1 Å². The summed E-state index contributed by atoms with van der Waals surface area (Å²) in [6.07, 6.45) is -2.64. The molecule has 0 amide bonds. The van der Waals surface area contributed by atoms with Crippen LogP contribution in [0.3, 0.4) is 0 Å². The quantitative estimate of drug-likeness (QED) is 0.742. The van der Waals surface area contributed by atoms with Crippen molar-refractivity contribution in [2.24, 2.45) is 0 Å². The van der Waals surface area contributed by atoms with Crippen molar-refractivity contribution in [3.63, 3.8) is 0 Å². The molecular formula is C10H18F3NS. The number of thioether (sulfide) groups is 1. The number of alkyl halides is 3. The summed E-state index contributed by atoms with van der Waals surface area (Å²) < 4.78 is 35.5. The maximum absolute atomic E-state index is 11.8. The monoisotopic (exact) mass is 241 g/mol. The summed E-state index contributed by atoms with van der Waals surface area (Å²) in [5, 5.41) is 3.93. The van der Waals surface area contributed by atoms with Gasteiger partial charge in [-0.15, -0.1) is 0 Å². The Kier molecular flexibility index (Phi) is 5.26. The maximum Gasteiger partial charge on any atom is 0.389 e. The summed E-state index contributed by atoms with van der Waals surface area (Å²) in [7, 11) is 0. The van der Waals surface area contributed by atoms with Gasteiger partial charge in [-0.3, -0.25) is 0 Å². The first kappa shape index (κ1) is 13.2. The Morgan fingerprint density at radius 1 is 1.33 bits per heavy atom. The fourth-order valence-corrected chi connectivity index (χ4v) is 2.96. The summed E-state index contributed by atoms with van der Waals surface area (Å²) in [4.78, 5) is 0. The molecule has 0 saturated carbocycles. The van der Waals surface area contributed by atoms with Crippen LogP contribution in [-0.2, 0) is 0 Å². The third-order valence-electron chi connectivity index (χ3n) is 2.67. The summed E-state index contributed by atoms with van der Waals surface area (Å²) in [5.74, 6) is 1.17. The third-order valence-corrected chi connectivity index (χ3v) is 4.00. The summed E-state index contributed by atoms with van der Waals surface area (Å²) >= 11 is 1.93. The molecule has 0 aliphatic carbocycles. The molecular weight excluding hydrogens is 223 g/mol. The number of rotatable bonds is 5. The lowest BCUT2D eigenvalue weighted by molar-refractivity contribution is -0.135. The highest BCUT2D eigenvalue weighted by Gasteiger charge is 2.26. The van der Waals surface area contributed by atoms with E-state index in [0.29, 0.717) is 24.3 Å². The number of hydrogen-bond donors (Lipinski definition) is 1. The lowest BCUT2D eigenvalue weighted by Gasteiger charge is -2.16. The molecule has 1 aliphatic heterocycles. The van der Waals surface area contributed by atoms with Gasteiger partial charge in [0.25, 0.3) is 0 Å². The van der Waals surface area contributed by atoms with Crippen molar-refractivity contribution in [2.75, 3.05) is 12.3 Å². The van der Waals surface area contributed by atoms with Crippen molar-refractivity contribution in [3.05, 3.63) is 0 Å². The molecule has 1 saturated heterocycles. The number of halogens is 3. The van der Waals surface area contributed by atoms with Gasteiger partial charge in [-0.1, -0.05) is 6.92 Å². The zero-order valence-corrected chi connectivity index (χ0v) is 9.76. The summed E-state index contributed by atoms with van der Waals surface area (Å²) in [6.45, 7) is 2.89. The van der Waals surface area contributed by atoms with Crippen LogP contribution in [0.4, 0.5) is 13.2 Å². The second kappa shape index (κ2) is 5.99. The maximum atomic E-state index is 11.8. The molecule has 1 heterocycles. The van der Waals surface area contributed by atoms with Gasteiger partial charge >= 0.3 is 6.18 Å². The van der Waals surface area contributed by atoms with E-state index in [1.54, 1.807) is 0 Å². The Hall–Kier alpha value is 0.100. The van der Waals surface area contributed by atoms with E-state index in [4.69, 9.17) is 0 Å². The Labute approximate surface area is 93.2 Å². The molecule has 90 valence electrons. The molecule has 5 heteroatoms. The molecule has 1 nitrogen and oxygen atoms in total. The first-order valence-corrected chi connectivity index (χ1v) is 6.45. The van der Waals surface area contributed by atoms with Crippen LogP contribution in [0.5, 0.6) is 0 Å². The van der Waals surface area contributed by atoms with Crippen molar-refractivity contribution < 1.29 is 13.2 Å². The topological polar surface area (TPSA) is 12.0 Å². The highest BCUT2D eigenvalue weighted by atomic mass is 32.2. The van der Waals surface area contributed by atoms with E-state index in [1.807, 2.05) is 11.8 Å². The highest BCUT2D eigenvalue weighted by Crippen LogP contribution is 2.26. The third kappa shape index (κ3) is 5.66. The number of unbranched alkanes of at least 4 members (excludes halogenated alkanes) is 1. The first-order valence-electron chi connectivity index (χ1n) is 5.41. The Balaban J connectivity index is 1.97. The van der Waals surface area contributed by atoms with Gasteiger partial charge < -0.3 is 5.32 Å². The van der Waals surface area contributed by atoms with Gasteiger partial charge in [0, 0.05) is 17.7 Å². The van der Waals surface area contributed by atoms with Crippen molar-refractivity contribution >= 4 is 11.8 Å². The molecule has 0 radical (unpaired) electrons. The summed E-state index contributed by atoms with van der Waals surface area (Å²) in [5.41, 5.74) is 0. The molecule has 0 aromatic heterocycles. The molecule has 1 fully saturated rings. The molecule has 15 heavy (non-hydrogen) atoms. The number of hydrogen-bond acceptors (Lipinski definition) is 2. The smallest absolute Gasteiger partial charge is 0.313 e. The van der Waals surface area contributed by atoms with E-state index >= 15 is 0 Å². The molecule has 0 aromatic carbocycles. The van der Waals surface area contributed by atoms with Crippen LogP contribution in [0.2, 0.25) is 0 Å². The Morgan fingerprint density at radius 2 is 2.07 bits per heavy atom. The van der Waals surface area contributed by atoms with E-state index in [-0.39, 0.29) is 6.42 Å². The van der Waals surface area contributed by atoms with Crippen LogP contribution < -0.4 is 5.32 Å². The average Bonchev–Trinajstić information content (AvgIpc) is 2.49. The minimum absolute atomic E-state index is 0.241. The van der Waals surface area contributed by atoms with Crippen LogP contribution in [-0.4, -0.2) is 29.8 Å². The lowest BCUT2D eigenvalue weighted by Crippen LogP contribution is -2.34. The van der Waals surface area contributed by atoms with Crippen LogP contribution in [0.15, 0.2) is 0 Å². The van der Waals surface area contributed by atoms with Crippen LogP contribution >= 0.6 is 11.8 Å². The molecule has 1 aliphatic rings. The van der Waals surface area contributed by atoms with Crippen LogP contribution in [0.25, 0.3) is 0 Å². The van der Waals surface area contributed by atoms with Crippen molar-refractivity contribution in [1.82, 2.24) is 5.32 Å². The van der Waals surface area contributed by atoms with Crippen LogP contribution in [0.1, 0.15) is 32.6 Å². The molecule has 2 atom stereocenters. The fourth-order valence-electron chi connectivity index (χ4n) is 1.74. The van der Waals surface area contributed by atoms with Gasteiger partial charge in [0.05, 0.1) is 0 Å². The van der Waals surface area contributed by atoms with Gasteiger partial charge in [-0.05, 0) is 31.6 Å². The van der Waals surface area contributed by atoms with E-state index in [2.05, 4.69) is 12.2 Å². The van der Waals surface area contributed by atoms with E-state index in [1.165, 1.54) is 5.75 Å². The van der Waals surface area contributed by atoms with Gasteiger partial charge in [0.15, 0.2) is 0 Å². The normalized spacial score (nSPS) is 27.2. The highest BCUT2D eigenvalue weighted by molar-refractivity contribution is 8.00. The van der Waals surface area contributed by atoms with Crippen molar-refractivity contribution in [3.8, 4) is 0 Å². The van der Waals surface area contributed by atoms with E-state index < -0.39 is 12.6 Å². The predicted molar refractivity (Wildman–Crippen MR) is 58.2 cm³/mol. The van der Waals surface area contributed by atoms with E-state index in [9.17, 15) is 13.2 Å². The van der Waals surface area contributed by atoms with Gasteiger partial charge in [-0.2, -0.15) is 24.9 Å². The predicted octanol–water partition coefficient (Wildman–Crippen LogP) is 3.20. The number of nitrogens with one attached hydrogen (secondary N) is 1. The SMILES string of the molecule is CC1SCCC1NCCCCC(F)(F)F. The van der Waals surface area contributed by atoms with E-state index in [0.717, 1.165) is 6.42 Å². The standard InChI is InChI=1S/C10H18F3NS/c1-8-9(4-7-15-8)14-6-3-2-5-10(11,12)13/h8-9,14H,2-7H2,1H3. The molecule has 0 bridgehead atoms. The molecule has 2 unspecified atom stereocenters. The first-order chi connectivity index (χ1) is 6.99. The Morgan fingerprint density at radius 3 is 2.60 bits per heavy atom. The largest absolute Gasteiger partial charge is 0.389 e. The zero-order valence-electron chi connectivity index (χ0n) is 8.94. The van der Waals surface area contributed by atoms with Gasteiger partial charge in [0.1, 0.15) is 0 Å². The summed E-state index contributed by atoms with van der Waals surface area (Å²) in [6, 6.07) is 0.501. The zero-order chi connectivity index (χ0) is 11.3. The second-order valence-electron chi connectivity index (χ2n) is 4.00. The molecule has 0 aromatic rings. The minimum Gasteiger partial charge on any atom is -0.313 e. The average molecular weight is 241 g/mol. The fraction of sp³-hybridized carbons (Fsp3) is 1.00. The van der Waals surface area contributed by atoms with Gasteiger partial charge in [0.2, 0.25) is 0 Å².